The molecule has 0 radical (unpaired) electrons. The number of para-hydroxylation sites is 1. The van der Waals surface area contributed by atoms with Crippen molar-refractivity contribution in [1.82, 2.24) is 0 Å². The number of hydrogen-bond acceptors (Lipinski definition) is 4. The highest BCUT2D eigenvalue weighted by molar-refractivity contribution is 8.14. The molecule has 4 nitrogen and oxygen atoms in total. The standard InChI is InChI=1S/C19H18N2O2S/c1-13(22)21-16-10-6-5-9-15(16)19(23)18(21)24-17(20-19)12-11-14-7-3-2-4-8-14/h2-10,18,23H,11-12H2,1H3/t18?,19-/m1/s1. The minimum Gasteiger partial charge on any atom is -0.363 e. The Morgan fingerprint density at radius 1 is 1.17 bits per heavy atom. The first-order chi connectivity index (χ1) is 11.6. The van der Waals surface area contributed by atoms with Gasteiger partial charge in [-0.2, -0.15) is 0 Å². The monoisotopic (exact) mass is 338 g/mol. The molecule has 2 atom stereocenters. The molecule has 1 unspecified atom stereocenters. The summed E-state index contributed by atoms with van der Waals surface area (Å²) in [6.07, 6.45) is 1.64. The Morgan fingerprint density at radius 2 is 1.88 bits per heavy atom. The minimum absolute atomic E-state index is 0.0737. The van der Waals surface area contributed by atoms with Gasteiger partial charge in [0.2, 0.25) is 11.6 Å². The number of thioether (sulfide) groups is 1. The second kappa shape index (κ2) is 5.76. The van der Waals surface area contributed by atoms with Gasteiger partial charge in [0, 0.05) is 12.5 Å². The second-order valence-electron chi connectivity index (χ2n) is 6.09. The van der Waals surface area contributed by atoms with Crippen LogP contribution >= 0.6 is 11.8 Å². The van der Waals surface area contributed by atoms with Gasteiger partial charge in [-0.25, -0.2) is 4.99 Å². The number of anilines is 1. The molecule has 5 heteroatoms. The van der Waals surface area contributed by atoms with E-state index >= 15 is 0 Å². The SMILES string of the molecule is CC(=O)N1c2ccccc2[C@]2(O)N=C(CCc3ccccc3)SC12. The van der Waals surface area contributed by atoms with Crippen molar-refractivity contribution >= 4 is 28.4 Å². The molecule has 0 saturated carbocycles. The number of aryl methyl sites for hydroxylation is 1. The molecule has 2 heterocycles. The van der Waals surface area contributed by atoms with E-state index in [4.69, 9.17) is 0 Å². The van der Waals surface area contributed by atoms with Crippen LogP contribution in [0.15, 0.2) is 59.6 Å². The summed E-state index contributed by atoms with van der Waals surface area (Å²) in [4.78, 5) is 18.4. The zero-order chi connectivity index (χ0) is 16.7. The highest BCUT2D eigenvalue weighted by atomic mass is 32.2. The van der Waals surface area contributed by atoms with Gasteiger partial charge in [-0.3, -0.25) is 9.69 Å². The highest BCUT2D eigenvalue weighted by Gasteiger charge is 2.55. The summed E-state index contributed by atoms with van der Waals surface area (Å²) < 4.78 is 0. The number of aliphatic imine (C=N–C) groups is 1. The van der Waals surface area contributed by atoms with Crippen LogP contribution in [0, 0.1) is 0 Å². The van der Waals surface area contributed by atoms with E-state index in [1.165, 1.54) is 24.2 Å². The lowest BCUT2D eigenvalue weighted by Crippen LogP contribution is -2.41. The fraction of sp³-hybridized carbons (Fsp3) is 0.263. The molecule has 0 fully saturated rings. The van der Waals surface area contributed by atoms with E-state index in [1.54, 1.807) is 4.90 Å². The van der Waals surface area contributed by atoms with E-state index in [0.717, 1.165) is 23.6 Å². The fourth-order valence-corrected chi connectivity index (χ4v) is 4.76. The highest BCUT2D eigenvalue weighted by Crippen LogP contribution is 2.53. The number of amides is 1. The number of fused-ring (bicyclic) bond motifs is 3. The van der Waals surface area contributed by atoms with Crippen LogP contribution in [0.25, 0.3) is 0 Å². The number of hydrogen-bond donors (Lipinski definition) is 1. The van der Waals surface area contributed by atoms with E-state index in [-0.39, 0.29) is 5.91 Å². The topological polar surface area (TPSA) is 52.9 Å². The Labute approximate surface area is 145 Å². The van der Waals surface area contributed by atoms with Gasteiger partial charge in [-0.05, 0) is 24.5 Å². The van der Waals surface area contributed by atoms with Crippen LogP contribution in [-0.2, 0) is 16.9 Å². The van der Waals surface area contributed by atoms with Crippen LogP contribution in [-0.4, -0.2) is 21.4 Å². The predicted octanol–water partition coefficient (Wildman–Crippen LogP) is 3.30. The molecule has 24 heavy (non-hydrogen) atoms. The van der Waals surface area contributed by atoms with Crippen LogP contribution in [0.4, 0.5) is 5.69 Å². The maximum atomic E-state index is 12.1. The van der Waals surface area contributed by atoms with E-state index in [9.17, 15) is 9.90 Å². The van der Waals surface area contributed by atoms with Gasteiger partial charge in [0.05, 0.1) is 10.7 Å². The van der Waals surface area contributed by atoms with Crippen LogP contribution in [0.2, 0.25) is 0 Å². The van der Waals surface area contributed by atoms with Crippen molar-refractivity contribution in [3.8, 4) is 0 Å². The lowest BCUT2D eigenvalue weighted by molar-refractivity contribution is -0.117. The van der Waals surface area contributed by atoms with Gasteiger partial charge >= 0.3 is 0 Å². The van der Waals surface area contributed by atoms with Crippen LogP contribution in [0.5, 0.6) is 0 Å². The van der Waals surface area contributed by atoms with Crippen molar-refractivity contribution in [2.45, 2.75) is 30.9 Å². The lowest BCUT2D eigenvalue weighted by atomic mass is 10.1. The number of carbonyl (C=O) groups excluding carboxylic acids is 1. The first kappa shape index (κ1) is 15.4. The number of benzene rings is 2. The van der Waals surface area contributed by atoms with Gasteiger partial charge in [0.1, 0.15) is 5.37 Å². The van der Waals surface area contributed by atoms with Crippen molar-refractivity contribution in [3.05, 3.63) is 65.7 Å². The summed E-state index contributed by atoms with van der Waals surface area (Å²) in [7, 11) is 0. The molecule has 0 bridgehead atoms. The van der Waals surface area contributed by atoms with Crippen LogP contribution in [0.3, 0.4) is 0 Å². The van der Waals surface area contributed by atoms with E-state index in [0.29, 0.717) is 5.56 Å². The molecule has 2 aromatic carbocycles. The van der Waals surface area contributed by atoms with Crippen molar-refractivity contribution in [2.24, 2.45) is 4.99 Å². The Morgan fingerprint density at radius 3 is 2.62 bits per heavy atom. The van der Waals surface area contributed by atoms with Crippen LogP contribution in [0.1, 0.15) is 24.5 Å². The molecule has 0 spiro atoms. The van der Waals surface area contributed by atoms with Gasteiger partial charge in [0.15, 0.2) is 0 Å². The van der Waals surface area contributed by atoms with Crippen molar-refractivity contribution in [1.29, 1.82) is 0 Å². The Balaban J connectivity index is 1.63. The summed E-state index contributed by atoms with van der Waals surface area (Å²) >= 11 is 1.50. The largest absolute Gasteiger partial charge is 0.363 e. The molecule has 2 aliphatic heterocycles. The maximum absolute atomic E-state index is 12.1. The molecule has 0 aliphatic carbocycles. The molecule has 122 valence electrons. The third kappa shape index (κ3) is 2.36. The molecule has 2 aliphatic rings. The third-order valence-electron chi connectivity index (χ3n) is 4.49. The predicted molar refractivity (Wildman–Crippen MR) is 97.1 cm³/mol. The zero-order valence-electron chi connectivity index (χ0n) is 13.3. The molecule has 0 aromatic heterocycles. The van der Waals surface area contributed by atoms with Gasteiger partial charge in [0.25, 0.3) is 0 Å². The Kier molecular flexibility index (Phi) is 3.70. The molecule has 4 rings (SSSR count). The molecule has 1 N–H and O–H groups in total. The number of rotatable bonds is 3. The molecular formula is C19H18N2O2S. The normalized spacial score (nSPS) is 24.5. The minimum atomic E-state index is -1.33. The zero-order valence-corrected chi connectivity index (χ0v) is 14.2. The van der Waals surface area contributed by atoms with E-state index < -0.39 is 11.1 Å². The summed E-state index contributed by atoms with van der Waals surface area (Å²) in [5.74, 6) is -0.0737. The third-order valence-corrected chi connectivity index (χ3v) is 5.82. The second-order valence-corrected chi connectivity index (χ2v) is 7.25. The first-order valence-corrected chi connectivity index (χ1v) is 8.88. The van der Waals surface area contributed by atoms with Gasteiger partial charge in [-0.15, -0.1) is 0 Å². The number of aliphatic hydroxyl groups is 1. The van der Waals surface area contributed by atoms with Crippen LogP contribution < -0.4 is 4.90 Å². The fourth-order valence-electron chi connectivity index (χ4n) is 3.38. The molecular weight excluding hydrogens is 320 g/mol. The van der Waals surface area contributed by atoms with E-state index in [1.807, 2.05) is 42.5 Å². The average Bonchev–Trinajstić information content (AvgIpc) is 3.03. The van der Waals surface area contributed by atoms with Crippen molar-refractivity contribution in [2.75, 3.05) is 4.90 Å². The van der Waals surface area contributed by atoms with E-state index in [2.05, 4.69) is 17.1 Å². The van der Waals surface area contributed by atoms with Crippen molar-refractivity contribution in [3.63, 3.8) is 0 Å². The quantitative estimate of drug-likeness (QED) is 0.934. The Bertz CT molecular complexity index is 821. The van der Waals surface area contributed by atoms with Gasteiger partial charge in [-0.1, -0.05) is 60.3 Å². The summed E-state index contributed by atoms with van der Waals surface area (Å²) in [5, 5.41) is 11.7. The summed E-state index contributed by atoms with van der Waals surface area (Å²) in [6.45, 7) is 1.53. The maximum Gasteiger partial charge on any atom is 0.225 e. The number of nitrogens with zero attached hydrogens (tertiary/aromatic N) is 2. The smallest absolute Gasteiger partial charge is 0.225 e. The summed E-state index contributed by atoms with van der Waals surface area (Å²) in [6, 6.07) is 17.7. The number of carbonyl (C=O) groups is 1. The van der Waals surface area contributed by atoms with Crippen molar-refractivity contribution < 1.29 is 9.90 Å². The summed E-state index contributed by atoms with van der Waals surface area (Å²) in [5.41, 5.74) is 1.39. The van der Waals surface area contributed by atoms with Gasteiger partial charge < -0.3 is 5.11 Å². The Hall–Kier alpha value is -2.11. The lowest BCUT2D eigenvalue weighted by Gasteiger charge is -2.25. The first-order valence-electron chi connectivity index (χ1n) is 8.00. The molecule has 1 amide bonds. The average molecular weight is 338 g/mol. The molecule has 0 saturated heterocycles. The molecule has 2 aromatic rings.